The molecule has 0 bridgehead atoms. The first-order valence-corrected chi connectivity index (χ1v) is 11.7. The van der Waals surface area contributed by atoms with Gasteiger partial charge in [-0.3, -0.25) is 19.4 Å². The number of anilines is 2. The topological polar surface area (TPSA) is 122 Å². The molecule has 10 heteroatoms. The van der Waals surface area contributed by atoms with Gasteiger partial charge in [-0.2, -0.15) is 4.98 Å². The molecule has 1 saturated heterocycles. The number of likely N-dealkylation sites (tertiary alicyclic amines) is 1. The molecule has 2 aliphatic heterocycles. The van der Waals surface area contributed by atoms with Crippen molar-refractivity contribution in [3.8, 4) is 11.6 Å². The lowest BCUT2D eigenvalue weighted by molar-refractivity contribution is -0.134. The summed E-state index contributed by atoms with van der Waals surface area (Å²) in [6.07, 6.45) is 3.20. The first-order chi connectivity index (χ1) is 16.9. The minimum Gasteiger partial charge on any atom is -0.343 e. The highest BCUT2D eigenvalue weighted by atomic mass is 16.5. The Balaban J connectivity index is 1.16. The molecule has 1 aromatic carbocycles. The average Bonchev–Trinajstić information content (AvgIpc) is 3.39. The summed E-state index contributed by atoms with van der Waals surface area (Å²) in [6, 6.07) is 12.7. The van der Waals surface area contributed by atoms with Crippen LogP contribution < -0.4 is 10.2 Å². The van der Waals surface area contributed by atoms with Crippen LogP contribution in [0, 0.1) is 0 Å². The third kappa shape index (κ3) is 4.64. The number of pyridine rings is 1. The van der Waals surface area contributed by atoms with Crippen LogP contribution in [0.15, 0.2) is 53.2 Å². The van der Waals surface area contributed by atoms with Gasteiger partial charge >= 0.3 is 0 Å². The first-order valence-electron chi connectivity index (χ1n) is 11.7. The summed E-state index contributed by atoms with van der Waals surface area (Å²) in [7, 11) is 0. The van der Waals surface area contributed by atoms with Gasteiger partial charge in [0, 0.05) is 37.5 Å². The second-order valence-electron chi connectivity index (χ2n) is 9.12. The fourth-order valence-electron chi connectivity index (χ4n) is 4.50. The van der Waals surface area contributed by atoms with Crippen molar-refractivity contribution in [3.05, 3.63) is 54.5 Å². The van der Waals surface area contributed by atoms with E-state index >= 15 is 0 Å². The van der Waals surface area contributed by atoms with E-state index in [1.54, 1.807) is 29.3 Å². The van der Waals surface area contributed by atoms with Gasteiger partial charge in [0.2, 0.25) is 17.7 Å². The van der Waals surface area contributed by atoms with E-state index in [9.17, 15) is 14.4 Å². The third-order valence-electron chi connectivity index (χ3n) is 6.69. The molecule has 10 nitrogen and oxygen atoms in total. The zero-order chi connectivity index (χ0) is 24.4. The Morgan fingerprint density at radius 1 is 1.06 bits per heavy atom. The predicted octanol–water partition coefficient (Wildman–Crippen LogP) is 2.78. The second-order valence-corrected chi connectivity index (χ2v) is 9.12. The van der Waals surface area contributed by atoms with Crippen molar-refractivity contribution in [1.29, 1.82) is 0 Å². The molecule has 35 heavy (non-hydrogen) atoms. The minimum absolute atomic E-state index is 0.0443. The molecule has 180 valence electrons. The van der Waals surface area contributed by atoms with Crippen LogP contribution in [0.2, 0.25) is 0 Å². The Hall–Kier alpha value is -4.08. The molecule has 0 spiro atoms. The zero-order valence-corrected chi connectivity index (χ0v) is 19.4. The Morgan fingerprint density at radius 2 is 1.80 bits per heavy atom. The monoisotopic (exact) mass is 474 g/mol. The average molecular weight is 475 g/mol. The second kappa shape index (κ2) is 9.28. The lowest BCUT2D eigenvalue weighted by Gasteiger charge is -2.37. The molecule has 2 aromatic heterocycles. The molecule has 0 radical (unpaired) electrons. The minimum atomic E-state index is -0.312. The van der Waals surface area contributed by atoms with Gasteiger partial charge in [-0.05, 0) is 37.1 Å². The van der Waals surface area contributed by atoms with Crippen LogP contribution in [0.5, 0.6) is 0 Å². The van der Waals surface area contributed by atoms with E-state index in [1.165, 1.54) is 4.90 Å². The van der Waals surface area contributed by atoms with Gasteiger partial charge < -0.3 is 19.6 Å². The molecule has 1 N–H and O–H groups in total. The standard InChI is InChI=1S/C25H26N6O4/c1-25(24-28-23(35-29-24)18-7-4-5-13-26-18)11-14-30(15-12-25)21(33)9-10-22(34)31-16-20(32)27-17-6-2-3-8-19(17)31/h2-8,13H,9-12,14-16H2,1H3,(H,27,32). The van der Waals surface area contributed by atoms with Gasteiger partial charge in [-0.25, -0.2) is 0 Å². The zero-order valence-electron chi connectivity index (χ0n) is 19.4. The number of carbonyl (C=O) groups is 3. The van der Waals surface area contributed by atoms with Crippen molar-refractivity contribution in [2.24, 2.45) is 0 Å². The molecule has 0 aliphatic carbocycles. The number of rotatable bonds is 5. The molecule has 3 aromatic rings. The molecule has 3 amide bonds. The van der Waals surface area contributed by atoms with Crippen LogP contribution in [0.1, 0.15) is 38.4 Å². The fourth-order valence-corrected chi connectivity index (χ4v) is 4.50. The summed E-state index contributed by atoms with van der Waals surface area (Å²) in [4.78, 5) is 49.7. The third-order valence-corrected chi connectivity index (χ3v) is 6.69. The highest BCUT2D eigenvalue weighted by Crippen LogP contribution is 2.34. The highest BCUT2D eigenvalue weighted by molar-refractivity contribution is 6.10. The van der Waals surface area contributed by atoms with Crippen LogP contribution in [0.25, 0.3) is 11.6 Å². The van der Waals surface area contributed by atoms with Crippen molar-refractivity contribution in [1.82, 2.24) is 20.0 Å². The van der Waals surface area contributed by atoms with Crippen LogP contribution in [-0.2, 0) is 19.8 Å². The van der Waals surface area contributed by atoms with E-state index in [-0.39, 0.29) is 42.5 Å². The van der Waals surface area contributed by atoms with Crippen molar-refractivity contribution in [2.45, 2.75) is 38.0 Å². The summed E-state index contributed by atoms with van der Waals surface area (Å²) in [6.45, 7) is 3.12. The number of piperidine rings is 1. The SMILES string of the molecule is CC1(c2noc(-c3ccccn3)n2)CCN(C(=O)CCC(=O)N2CC(=O)Nc3ccccc32)CC1. The van der Waals surface area contributed by atoms with E-state index < -0.39 is 0 Å². The maximum Gasteiger partial charge on any atom is 0.276 e. The van der Waals surface area contributed by atoms with Gasteiger partial charge in [-0.1, -0.05) is 30.3 Å². The molecule has 5 rings (SSSR count). The summed E-state index contributed by atoms with van der Waals surface area (Å²) in [5.74, 6) is 0.439. The number of para-hydroxylation sites is 2. The molecule has 4 heterocycles. The first kappa shape index (κ1) is 22.7. The number of benzene rings is 1. The van der Waals surface area contributed by atoms with E-state index in [1.807, 2.05) is 24.3 Å². The Morgan fingerprint density at radius 3 is 2.57 bits per heavy atom. The van der Waals surface area contributed by atoms with Gasteiger partial charge in [-0.15, -0.1) is 0 Å². The smallest absolute Gasteiger partial charge is 0.276 e. The molecule has 1 fully saturated rings. The quantitative estimate of drug-likeness (QED) is 0.603. The van der Waals surface area contributed by atoms with Gasteiger partial charge in [0.15, 0.2) is 5.82 Å². The lowest BCUT2D eigenvalue weighted by atomic mass is 9.79. The van der Waals surface area contributed by atoms with E-state index in [0.717, 1.165) is 0 Å². The molecular formula is C25H26N6O4. The van der Waals surface area contributed by atoms with Crippen molar-refractivity contribution in [2.75, 3.05) is 29.9 Å². The van der Waals surface area contributed by atoms with Gasteiger partial charge in [0.25, 0.3) is 5.89 Å². The molecule has 0 saturated carbocycles. The summed E-state index contributed by atoms with van der Waals surface area (Å²) in [5.41, 5.74) is 1.57. The number of hydrogen-bond acceptors (Lipinski definition) is 7. The predicted molar refractivity (Wildman–Crippen MR) is 127 cm³/mol. The number of carbonyl (C=O) groups excluding carboxylic acids is 3. The van der Waals surface area contributed by atoms with Crippen LogP contribution >= 0.6 is 0 Å². The van der Waals surface area contributed by atoms with Gasteiger partial charge in [0.05, 0.1) is 11.4 Å². The van der Waals surface area contributed by atoms with Crippen molar-refractivity contribution >= 4 is 29.1 Å². The summed E-state index contributed by atoms with van der Waals surface area (Å²) in [5, 5.41) is 6.95. The Kier molecular flexibility index (Phi) is 6.02. The Bertz CT molecular complexity index is 1250. The Labute approximate surface area is 202 Å². The number of hydrogen-bond donors (Lipinski definition) is 1. The number of amides is 3. The number of nitrogens with zero attached hydrogens (tertiary/aromatic N) is 5. The summed E-state index contributed by atoms with van der Waals surface area (Å²) >= 11 is 0. The van der Waals surface area contributed by atoms with Crippen molar-refractivity contribution in [3.63, 3.8) is 0 Å². The lowest BCUT2D eigenvalue weighted by Crippen LogP contribution is -2.45. The van der Waals surface area contributed by atoms with Crippen LogP contribution in [0.4, 0.5) is 11.4 Å². The number of aromatic nitrogens is 3. The number of nitrogens with one attached hydrogen (secondary N) is 1. The van der Waals surface area contributed by atoms with Crippen LogP contribution in [0.3, 0.4) is 0 Å². The normalized spacial score (nSPS) is 17.0. The maximum absolute atomic E-state index is 12.8. The van der Waals surface area contributed by atoms with E-state index in [2.05, 4.69) is 27.4 Å². The molecular weight excluding hydrogens is 448 g/mol. The summed E-state index contributed by atoms with van der Waals surface area (Å²) < 4.78 is 5.42. The molecule has 2 aliphatic rings. The molecule has 0 unspecified atom stereocenters. The fraction of sp³-hybridized carbons (Fsp3) is 0.360. The number of fused-ring (bicyclic) bond motifs is 1. The van der Waals surface area contributed by atoms with Crippen molar-refractivity contribution < 1.29 is 18.9 Å². The molecule has 0 atom stereocenters. The largest absolute Gasteiger partial charge is 0.343 e. The van der Waals surface area contributed by atoms with Gasteiger partial charge in [0.1, 0.15) is 12.2 Å². The van der Waals surface area contributed by atoms with E-state index in [0.29, 0.717) is 54.7 Å². The van der Waals surface area contributed by atoms with E-state index in [4.69, 9.17) is 4.52 Å². The van der Waals surface area contributed by atoms with Crippen LogP contribution in [-0.4, -0.2) is 57.4 Å². The maximum atomic E-state index is 12.8. The highest BCUT2D eigenvalue weighted by Gasteiger charge is 2.37.